The number of ether oxygens (including phenoxy) is 1. The van der Waals surface area contributed by atoms with Crippen molar-refractivity contribution in [2.75, 3.05) is 12.8 Å². The molecule has 0 fully saturated rings. The topological polar surface area (TPSA) is 87.7 Å². The van der Waals surface area contributed by atoms with Crippen molar-refractivity contribution in [1.82, 2.24) is 5.32 Å². The summed E-state index contributed by atoms with van der Waals surface area (Å²) in [6.45, 7) is 2.12. The zero-order chi connectivity index (χ0) is 18.0. The van der Waals surface area contributed by atoms with Gasteiger partial charge in [0.2, 0.25) is 0 Å². The normalized spacial score (nSPS) is 20.8. The molecule has 0 aliphatic heterocycles. The van der Waals surface area contributed by atoms with Crippen LogP contribution in [0.5, 0.6) is 11.5 Å². The number of phenols is 1. The van der Waals surface area contributed by atoms with E-state index in [1.54, 1.807) is 19.2 Å². The Kier molecular flexibility index (Phi) is 5.16. The molecule has 0 radical (unpaired) electrons. The number of aromatic hydroxyl groups is 1. The van der Waals surface area contributed by atoms with Gasteiger partial charge < -0.3 is 26.0 Å². The van der Waals surface area contributed by atoms with Crippen LogP contribution < -0.4 is 15.8 Å². The minimum absolute atomic E-state index is 0.0234. The van der Waals surface area contributed by atoms with Crippen molar-refractivity contribution in [2.45, 2.75) is 44.4 Å². The monoisotopic (exact) mass is 342 g/mol. The first-order chi connectivity index (χ1) is 12.0. The van der Waals surface area contributed by atoms with Crippen LogP contribution in [0, 0.1) is 0 Å². The summed E-state index contributed by atoms with van der Waals surface area (Å²) in [5.74, 6) is 0.940. The van der Waals surface area contributed by atoms with Gasteiger partial charge in [0, 0.05) is 12.1 Å². The third-order valence-electron chi connectivity index (χ3n) is 4.97. The molecule has 0 spiro atoms. The summed E-state index contributed by atoms with van der Waals surface area (Å²) < 4.78 is 5.18. The third-order valence-corrected chi connectivity index (χ3v) is 4.97. The highest BCUT2D eigenvalue weighted by Crippen LogP contribution is 2.37. The molecule has 2 aromatic rings. The highest BCUT2D eigenvalue weighted by molar-refractivity contribution is 5.62. The van der Waals surface area contributed by atoms with E-state index in [0.29, 0.717) is 5.69 Å². The summed E-state index contributed by atoms with van der Waals surface area (Å²) in [6, 6.07) is 11.6. The van der Waals surface area contributed by atoms with Crippen molar-refractivity contribution in [2.24, 2.45) is 0 Å². The predicted molar refractivity (Wildman–Crippen MR) is 98.9 cm³/mol. The van der Waals surface area contributed by atoms with Crippen molar-refractivity contribution in [1.29, 1.82) is 0 Å². The second-order valence-electron chi connectivity index (χ2n) is 6.78. The molecule has 25 heavy (non-hydrogen) atoms. The molecule has 0 heterocycles. The van der Waals surface area contributed by atoms with Gasteiger partial charge in [-0.25, -0.2) is 0 Å². The number of aliphatic hydroxyl groups excluding tert-OH is 1. The smallest absolute Gasteiger partial charge is 0.138 e. The average molecular weight is 342 g/mol. The predicted octanol–water partition coefficient (Wildman–Crippen LogP) is 2.55. The highest BCUT2D eigenvalue weighted by Gasteiger charge is 2.30. The summed E-state index contributed by atoms with van der Waals surface area (Å²) >= 11 is 0. The van der Waals surface area contributed by atoms with Gasteiger partial charge in [-0.05, 0) is 61.1 Å². The fourth-order valence-electron chi connectivity index (χ4n) is 3.61. The number of fused-ring (bicyclic) bond motifs is 1. The van der Waals surface area contributed by atoms with E-state index in [4.69, 9.17) is 10.5 Å². The minimum Gasteiger partial charge on any atom is -0.506 e. The highest BCUT2D eigenvalue weighted by atomic mass is 16.5. The number of aliphatic hydroxyl groups is 1. The second-order valence-corrected chi connectivity index (χ2v) is 6.78. The van der Waals surface area contributed by atoms with Gasteiger partial charge >= 0.3 is 0 Å². The van der Waals surface area contributed by atoms with Crippen LogP contribution in [0.1, 0.15) is 36.1 Å². The molecule has 0 aromatic heterocycles. The van der Waals surface area contributed by atoms with Crippen LogP contribution in [-0.2, 0) is 12.8 Å². The SMILES string of the molecule is COc1ccc(CC(C)NC2CCc3c(ccc(O)c3N)C2O)cc1. The Morgan fingerprint density at radius 1 is 1.24 bits per heavy atom. The van der Waals surface area contributed by atoms with Crippen molar-refractivity contribution in [3.05, 3.63) is 53.1 Å². The maximum absolute atomic E-state index is 10.7. The molecule has 0 saturated carbocycles. The van der Waals surface area contributed by atoms with Crippen molar-refractivity contribution < 1.29 is 14.9 Å². The maximum atomic E-state index is 10.7. The minimum atomic E-state index is -0.620. The molecule has 5 heteroatoms. The lowest BCUT2D eigenvalue weighted by atomic mass is 9.84. The largest absolute Gasteiger partial charge is 0.506 e. The zero-order valence-electron chi connectivity index (χ0n) is 14.7. The lowest BCUT2D eigenvalue weighted by Gasteiger charge is -2.33. The van der Waals surface area contributed by atoms with Gasteiger partial charge in [-0.3, -0.25) is 0 Å². The fraction of sp³-hybridized carbons (Fsp3) is 0.400. The van der Waals surface area contributed by atoms with Crippen LogP contribution in [0.3, 0.4) is 0 Å². The molecule has 0 amide bonds. The summed E-state index contributed by atoms with van der Waals surface area (Å²) in [7, 11) is 1.66. The molecule has 5 N–H and O–H groups in total. The summed E-state index contributed by atoms with van der Waals surface area (Å²) in [5, 5.41) is 24.0. The zero-order valence-corrected chi connectivity index (χ0v) is 14.7. The molecule has 5 nitrogen and oxygen atoms in total. The summed E-state index contributed by atoms with van der Waals surface area (Å²) in [6.07, 6.45) is 1.79. The van der Waals surface area contributed by atoms with Gasteiger partial charge in [0.05, 0.1) is 18.9 Å². The quantitative estimate of drug-likeness (QED) is 0.495. The summed E-state index contributed by atoms with van der Waals surface area (Å²) in [4.78, 5) is 0. The number of hydrogen-bond donors (Lipinski definition) is 4. The van der Waals surface area contributed by atoms with E-state index < -0.39 is 6.10 Å². The first-order valence-electron chi connectivity index (χ1n) is 8.67. The van der Waals surface area contributed by atoms with Gasteiger partial charge in [0.15, 0.2) is 0 Å². The van der Waals surface area contributed by atoms with E-state index in [9.17, 15) is 10.2 Å². The van der Waals surface area contributed by atoms with E-state index in [-0.39, 0.29) is 17.8 Å². The van der Waals surface area contributed by atoms with Crippen molar-refractivity contribution >= 4 is 5.69 Å². The lowest BCUT2D eigenvalue weighted by molar-refractivity contribution is 0.109. The number of phenolic OH excluding ortho intramolecular Hbond substituents is 1. The number of rotatable bonds is 5. The Balaban J connectivity index is 1.65. The first-order valence-corrected chi connectivity index (χ1v) is 8.67. The number of anilines is 1. The van der Waals surface area contributed by atoms with Crippen LogP contribution in [0.15, 0.2) is 36.4 Å². The Morgan fingerprint density at radius 3 is 2.64 bits per heavy atom. The van der Waals surface area contributed by atoms with Gasteiger partial charge in [-0.15, -0.1) is 0 Å². The molecule has 0 saturated heterocycles. The van der Waals surface area contributed by atoms with Crippen molar-refractivity contribution in [3.63, 3.8) is 0 Å². The van der Waals surface area contributed by atoms with E-state index >= 15 is 0 Å². The molecular weight excluding hydrogens is 316 g/mol. The van der Waals surface area contributed by atoms with Crippen LogP contribution in [0.2, 0.25) is 0 Å². The number of nitrogen functional groups attached to an aromatic ring is 1. The molecular formula is C20H26N2O3. The van der Waals surface area contributed by atoms with Crippen LogP contribution in [0.25, 0.3) is 0 Å². The Bertz CT molecular complexity index is 730. The lowest BCUT2D eigenvalue weighted by Crippen LogP contribution is -2.44. The first kappa shape index (κ1) is 17.6. The van der Waals surface area contributed by atoms with E-state index in [0.717, 1.165) is 36.1 Å². The molecule has 3 rings (SSSR count). The Hall–Kier alpha value is -2.24. The summed E-state index contributed by atoms with van der Waals surface area (Å²) in [5.41, 5.74) is 9.24. The number of methoxy groups -OCH3 is 1. The van der Waals surface area contributed by atoms with E-state index in [1.165, 1.54) is 5.56 Å². The van der Waals surface area contributed by atoms with Crippen LogP contribution in [-0.4, -0.2) is 29.4 Å². The third kappa shape index (κ3) is 3.72. The number of hydrogen-bond acceptors (Lipinski definition) is 5. The van der Waals surface area contributed by atoms with E-state index in [2.05, 4.69) is 24.4 Å². The van der Waals surface area contributed by atoms with E-state index in [1.807, 2.05) is 12.1 Å². The van der Waals surface area contributed by atoms with Gasteiger partial charge in [0.25, 0.3) is 0 Å². The second kappa shape index (κ2) is 7.33. The Morgan fingerprint density at radius 2 is 1.96 bits per heavy atom. The van der Waals surface area contributed by atoms with Gasteiger partial charge in [-0.2, -0.15) is 0 Å². The molecule has 2 aromatic carbocycles. The molecule has 1 aliphatic rings. The standard InChI is InChI=1S/C20H26N2O3/c1-12(11-13-3-5-14(25-2)6-4-13)22-17-9-7-15-16(20(17)24)8-10-18(23)19(15)21/h3-6,8,10,12,17,20,22-24H,7,9,11,21H2,1-2H3. The number of benzene rings is 2. The number of nitrogens with one attached hydrogen (secondary N) is 1. The van der Waals surface area contributed by atoms with Gasteiger partial charge in [0.1, 0.15) is 11.5 Å². The fourth-order valence-corrected chi connectivity index (χ4v) is 3.61. The molecule has 3 unspecified atom stereocenters. The molecule has 1 aliphatic carbocycles. The van der Waals surface area contributed by atoms with Crippen LogP contribution >= 0.6 is 0 Å². The average Bonchev–Trinajstić information content (AvgIpc) is 2.61. The molecule has 134 valence electrons. The maximum Gasteiger partial charge on any atom is 0.138 e. The van der Waals surface area contributed by atoms with Gasteiger partial charge in [-0.1, -0.05) is 18.2 Å². The number of nitrogens with two attached hydrogens (primary N) is 1. The van der Waals surface area contributed by atoms with Crippen molar-refractivity contribution in [3.8, 4) is 11.5 Å². The molecule has 0 bridgehead atoms. The van der Waals surface area contributed by atoms with Crippen LogP contribution in [0.4, 0.5) is 5.69 Å². The Labute approximate surface area is 148 Å². The molecule has 3 atom stereocenters.